The van der Waals surface area contributed by atoms with Gasteiger partial charge in [-0.25, -0.2) is 4.68 Å². The van der Waals surface area contributed by atoms with Crippen LogP contribution in [0.15, 0.2) is 48.7 Å². The van der Waals surface area contributed by atoms with E-state index in [4.69, 9.17) is 11.6 Å². The van der Waals surface area contributed by atoms with Gasteiger partial charge in [0.05, 0.1) is 22.8 Å². The molecule has 0 radical (unpaired) electrons. The van der Waals surface area contributed by atoms with Gasteiger partial charge in [-0.3, -0.25) is 4.79 Å². The van der Waals surface area contributed by atoms with E-state index in [-0.39, 0.29) is 23.5 Å². The van der Waals surface area contributed by atoms with Crippen LogP contribution < -0.4 is 10.6 Å². The molecule has 1 amide bonds. The molecule has 0 spiro atoms. The Morgan fingerprint density at radius 2 is 1.79 bits per heavy atom. The highest BCUT2D eigenvalue weighted by atomic mass is 35.5. The number of nitrogens with one attached hydrogen (secondary N) is 2. The molecule has 3 aromatic rings. The third-order valence-corrected chi connectivity index (χ3v) is 5.82. The molecular formula is C22H17ClF6N4O. The number of anilines is 2. The van der Waals surface area contributed by atoms with Crippen molar-refractivity contribution in [3.8, 4) is 0 Å². The lowest BCUT2D eigenvalue weighted by molar-refractivity contribution is -0.173. The van der Waals surface area contributed by atoms with Crippen molar-refractivity contribution in [3.63, 3.8) is 0 Å². The highest BCUT2D eigenvalue weighted by Crippen LogP contribution is 2.44. The number of rotatable bonds is 3. The van der Waals surface area contributed by atoms with Gasteiger partial charge < -0.3 is 10.6 Å². The van der Waals surface area contributed by atoms with Crippen molar-refractivity contribution >= 4 is 29.0 Å². The van der Waals surface area contributed by atoms with Crippen molar-refractivity contribution in [2.45, 2.75) is 37.8 Å². The van der Waals surface area contributed by atoms with Gasteiger partial charge in [0.15, 0.2) is 6.04 Å². The monoisotopic (exact) mass is 502 g/mol. The minimum absolute atomic E-state index is 0.179. The van der Waals surface area contributed by atoms with Crippen LogP contribution in [0.4, 0.5) is 37.8 Å². The quantitative estimate of drug-likeness (QED) is 0.388. The summed E-state index contributed by atoms with van der Waals surface area (Å²) in [6.07, 6.45) is -8.79. The van der Waals surface area contributed by atoms with Crippen molar-refractivity contribution in [1.82, 2.24) is 9.78 Å². The SMILES string of the molecule is Cc1ccc(C2CC(C(F)(F)F)n3ncc(C(=O)Nc4ccc(Cl)c(C(F)(F)F)c4)c3N2)cc1. The Labute approximate surface area is 194 Å². The number of alkyl halides is 6. The largest absolute Gasteiger partial charge is 0.417 e. The van der Waals surface area contributed by atoms with Crippen LogP contribution in [0.3, 0.4) is 0 Å². The van der Waals surface area contributed by atoms with Crippen LogP contribution >= 0.6 is 11.6 Å². The van der Waals surface area contributed by atoms with Gasteiger partial charge in [-0.2, -0.15) is 31.4 Å². The maximum Gasteiger partial charge on any atom is 0.417 e. The maximum absolute atomic E-state index is 13.8. The lowest BCUT2D eigenvalue weighted by Crippen LogP contribution is -2.36. The molecule has 0 bridgehead atoms. The molecule has 2 atom stereocenters. The van der Waals surface area contributed by atoms with Crippen LogP contribution in [0.2, 0.25) is 5.02 Å². The highest BCUT2D eigenvalue weighted by molar-refractivity contribution is 6.31. The van der Waals surface area contributed by atoms with Crippen molar-refractivity contribution in [2.75, 3.05) is 10.6 Å². The second kappa shape index (κ2) is 8.53. The maximum atomic E-state index is 13.8. The van der Waals surface area contributed by atoms with Crippen LogP contribution in [0, 0.1) is 6.92 Å². The van der Waals surface area contributed by atoms with Crippen LogP contribution in [0.1, 0.15) is 45.6 Å². The lowest BCUT2D eigenvalue weighted by atomic mass is 9.96. The molecule has 34 heavy (non-hydrogen) atoms. The molecule has 4 rings (SSSR count). The lowest BCUT2D eigenvalue weighted by Gasteiger charge is -2.34. The Morgan fingerprint density at radius 3 is 2.41 bits per heavy atom. The first kappa shape index (κ1) is 23.9. The van der Waals surface area contributed by atoms with Gasteiger partial charge in [-0.05, 0) is 30.7 Å². The Balaban J connectivity index is 1.67. The number of benzene rings is 2. The summed E-state index contributed by atoms with van der Waals surface area (Å²) in [4.78, 5) is 12.8. The van der Waals surface area contributed by atoms with Crippen LogP contribution in [0.5, 0.6) is 0 Å². The zero-order chi connectivity index (χ0) is 24.8. The number of carbonyl (C=O) groups excluding carboxylic acids is 1. The van der Waals surface area contributed by atoms with Gasteiger partial charge in [-0.15, -0.1) is 0 Å². The molecule has 0 saturated carbocycles. The molecule has 1 aromatic heterocycles. The summed E-state index contributed by atoms with van der Waals surface area (Å²) in [6.45, 7) is 1.84. The summed E-state index contributed by atoms with van der Waals surface area (Å²) in [5.41, 5.74) is -0.0994. The van der Waals surface area contributed by atoms with Gasteiger partial charge in [0, 0.05) is 12.1 Å². The predicted molar refractivity (Wildman–Crippen MR) is 114 cm³/mol. The Morgan fingerprint density at radius 1 is 1.12 bits per heavy atom. The molecule has 0 fully saturated rings. The summed E-state index contributed by atoms with van der Waals surface area (Å²) >= 11 is 5.59. The number of nitrogens with zero attached hydrogens (tertiary/aromatic N) is 2. The molecule has 0 aliphatic carbocycles. The zero-order valence-corrected chi connectivity index (χ0v) is 18.2. The first-order valence-corrected chi connectivity index (χ1v) is 10.4. The number of carbonyl (C=O) groups is 1. The van der Waals surface area contributed by atoms with E-state index >= 15 is 0 Å². The van der Waals surface area contributed by atoms with Crippen LogP contribution in [-0.2, 0) is 6.18 Å². The van der Waals surface area contributed by atoms with E-state index in [0.29, 0.717) is 16.3 Å². The van der Waals surface area contributed by atoms with E-state index in [1.54, 1.807) is 24.3 Å². The Bertz CT molecular complexity index is 1220. The number of hydrogen-bond donors (Lipinski definition) is 2. The standard InChI is InChI=1S/C22H17ClF6N4O/c1-11-2-4-12(5-3-11)17-9-18(22(27,28)29)33-19(32-17)14(10-30-33)20(34)31-13-6-7-16(23)15(8-13)21(24,25)26/h2-8,10,17-18,32H,9H2,1H3,(H,31,34). The van der Waals surface area contributed by atoms with E-state index in [1.807, 2.05) is 6.92 Å². The summed E-state index contributed by atoms with van der Waals surface area (Å²) in [6, 6.07) is 6.93. The average Bonchev–Trinajstić information content (AvgIpc) is 3.17. The van der Waals surface area contributed by atoms with E-state index in [0.717, 1.165) is 23.9 Å². The summed E-state index contributed by atoms with van der Waals surface area (Å²) < 4.78 is 81.5. The van der Waals surface area contributed by atoms with Gasteiger partial charge >= 0.3 is 12.4 Å². The van der Waals surface area contributed by atoms with Crippen molar-refractivity contribution < 1.29 is 31.1 Å². The minimum Gasteiger partial charge on any atom is -0.363 e. The molecule has 12 heteroatoms. The number of fused-ring (bicyclic) bond motifs is 1. The molecule has 2 unspecified atom stereocenters. The van der Waals surface area contributed by atoms with E-state index in [2.05, 4.69) is 15.7 Å². The molecule has 2 N–H and O–H groups in total. The summed E-state index contributed by atoms with van der Waals surface area (Å²) in [5, 5.41) is 8.41. The molecule has 5 nitrogen and oxygen atoms in total. The van der Waals surface area contributed by atoms with Crippen LogP contribution in [-0.4, -0.2) is 21.9 Å². The van der Waals surface area contributed by atoms with Crippen molar-refractivity contribution in [1.29, 1.82) is 0 Å². The molecule has 0 saturated heterocycles. The number of amides is 1. The molecular weight excluding hydrogens is 486 g/mol. The second-order valence-electron chi connectivity index (χ2n) is 7.90. The van der Waals surface area contributed by atoms with Gasteiger partial charge in [-0.1, -0.05) is 41.4 Å². The summed E-state index contributed by atoms with van der Waals surface area (Å²) in [5.74, 6) is -1.10. The molecule has 1 aliphatic rings. The first-order chi connectivity index (χ1) is 15.8. The third kappa shape index (κ3) is 4.70. The minimum atomic E-state index is -4.75. The zero-order valence-electron chi connectivity index (χ0n) is 17.4. The molecule has 2 heterocycles. The number of aryl methyl sites for hydroxylation is 1. The fourth-order valence-corrected chi connectivity index (χ4v) is 3.99. The smallest absolute Gasteiger partial charge is 0.363 e. The molecule has 2 aromatic carbocycles. The van der Waals surface area contributed by atoms with Gasteiger partial charge in [0.25, 0.3) is 5.91 Å². The van der Waals surface area contributed by atoms with E-state index in [9.17, 15) is 31.1 Å². The number of hydrogen-bond acceptors (Lipinski definition) is 3. The van der Waals surface area contributed by atoms with Gasteiger partial charge in [0.1, 0.15) is 11.4 Å². The van der Waals surface area contributed by atoms with Crippen LogP contribution in [0.25, 0.3) is 0 Å². The number of aromatic nitrogens is 2. The number of halogens is 7. The Hall–Kier alpha value is -3.21. The fourth-order valence-electron chi connectivity index (χ4n) is 3.76. The van der Waals surface area contributed by atoms with E-state index in [1.165, 1.54) is 0 Å². The third-order valence-electron chi connectivity index (χ3n) is 5.49. The fraction of sp³-hybridized carbons (Fsp3) is 0.273. The average molecular weight is 503 g/mol. The Kier molecular flexibility index (Phi) is 6.01. The normalized spacial score (nSPS) is 18.2. The van der Waals surface area contributed by atoms with Crippen molar-refractivity contribution in [2.24, 2.45) is 0 Å². The predicted octanol–water partition coefficient (Wildman–Crippen LogP) is 6.78. The first-order valence-electron chi connectivity index (χ1n) is 10.00. The van der Waals surface area contributed by atoms with Crippen molar-refractivity contribution in [3.05, 3.63) is 75.9 Å². The summed E-state index contributed by atoms with van der Waals surface area (Å²) in [7, 11) is 0. The second-order valence-corrected chi connectivity index (χ2v) is 8.31. The molecule has 180 valence electrons. The van der Waals surface area contributed by atoms with E-state index < -0.39 is 40.9 Å². The highest BCUT2D eigenvalue weighted by Gasteiger charge is 2.47. The van der Waals surface area contributed by atoms with Gasteiger partial charge in [0.2, 0.25) is 0 Å². The molecule has 1 aliphatic heterocycles. The topological polar surface area (TPSA) is 59.0 Å².